The van der Waals surface area contributed by atoms with Crippen molar-refractivity contribution in [1.29, 1.82) is 0 Å². The van der Waals surface area contributed by atoms with E-state index in [0.29, 0.717) is 18.6 Å². The first-order valence-electron chi connectivity index (χ1n) is 5.15. The van der Waals surface area contributed by atoms with Gasteiger partial charge in [0.1, 0.15) is 6.61 Å². The third-order valence-corrected chi connectivity index (χ3v) is 2.74. The standard InChI is InChI=1S/C10H17NO2/c1-8-4-5-11(6-8)10(12)7-13-9-2-3-9/h8-9H,2-7H2,1H3. The van der Waals surface area contributed by atoms with Crippen molar-refractivity contribution < 1.29 is 9.53 Å². The second-order valence-corrected chi connectivity index (χ2v) is 4.24. The van der Waals surface area contributed by atoms with Crippen LogP contribution in [0.15, 0.2) is 0 Å². The molecule has 13 heavy (non-hydrogen) atoms. The predicted octanol–water partition coefficient (Wildman–Crippen LogP) is 1.03. The van der Waals surface area contributed by atoms with Crippen LogP contribution in [0.3, 0.4) is 0 Å². The highest BCUT2D eigenvalue weighted by Crippen LogP contribution is 2.23. The highest BCUT2D eigenvalue weighted by Gasteiger charge is 2.26. The smallest absolute Gasteiger partial charge is 0.248 e. The summed E-state index contributed by atoms with van der Waals surface area (Å²) in [6.07, 6.45) is 3.83. The molecule has 0 radical (unpaired) electrons. The molecular formula is C10H17NO2. The van der Waals surface area contributed by atoms with Gasteiger partial charge in [0.25, 0.3) is 0 Å². The van der Waals surface area contributed by atoms with Crippen molar-refractivity contribution in [2.75, 3.05) is 19.7 Å². The van der Waals surface area contributed by atoms with Gasteiger partial charge in [-0.05, 0) is 25.2 Å². The Morgan fingerprint density at radius 2 is 2.23 bits per heavy atom. The van der Waals surface area contributed by atoms with Gasteiger partial charge in [-0.2, -0.15) is 0 Å². The molecule has 3 nitrogen and oxygen atoms in total. The predicted molar refractivity (Wildman–Crippen MR) is 49.3 cm³/mol. The van der Waals surface area contributed by atoms with Crippen LogP contribution in [0.25, 0.3) is 0 Å². The third-order valence-electron chi connectivity index (χ3n) is 2.74. The van der Waals surface area contributed by atoms with Gasteiger partial charge >= 0.3 is 0 Å². The lowest BCUT2D eigenvalue weighted by Gasteiger charge is -2.15. The van der Waals surface area contributed by atoms with E-state index in [9.17, 15) is 4.79 Å². The molecule has 0 aromatic rings. The molecule has 1 heterocycles. The van der Waals surface area contributed by atoms with Crippen molar-refractivity contribution in [1.82, 2.24) is 4.90 Å². The summed E-state index contributed by atoms with van der Waals surface area (Å²) in [4.78, 5) is 13.4. The molecular weight excluding hydrogens is 166 g/mol. The van der Waals surface area contributed by atoms with E-state index in [0.717, 1.165) is 32.4 Å². The highest BCUT2D eigenvalue weighted by molar-refractivity contribution is 5.77. The van der Waals surface area contributed by atoms with Crippen molar-refractivity contribution in [3.05, 3.63) is 0 Å². The number of likely N-dealkylation sites (tertiary alicyclic amines) is 1. The second kappa shape index (κ2) is 3.66. The fourth-order valence-corrected chi connectivity index (χ4v) is 1.68. The maximum absolute atomic E-state index is 11.5. The maximum Gasteiger partial charge on any atom is 0.248 e. The third kappa shape index (κ3) is 2.44. The van der Waals surface area contributed by atoms with Crippen LogP contribution in [0, 0.1) is 5.92 Å². The van der Waals surface area contributed by atoms with E-state index in [1.807, 2.05) is 4.90 Å². The Balaban J connectivity index is 1.69. The van der Waals surface area contributed by atoms with Gasteiger partial charge in [-0.1, -0.05) is 6.92 Å². The first kappa shape index (κ1) is 9.00. The van der Waals surface area contributed by atoms with E-state index in [1.165, 1.54) is 0 Å². The second-order valence-electron chi connectivity index (χ2n) is 4.24. The summed E-state index contributed by atoms with van der Waals surface area (Å²) in [6, 6.07) is 0. The van der Waals surface area contributed by atoms with Gasteiger partial charge in [0.2, 0.25) is 5.91 Å². The van der Waals surface area contributed by atoms with E-state index in [-0.39, 0.29) is 5.91 Å². The molecule has 3 heteroatoms. The molecule has 1 amide bonds. The Bertz CT molecular complexity index is 201. The molecule has 0 aromatic heterocycles. The van der Waals surface area contributed by atoms with Gasteiger partial charge in [-0.25, -0.2) is 0 Å². The first-order valence-corrected chi connectivity index (χ1v) is 5.15. The van der Waals surface area contributed by atoms with Gasteiger partial charge in [0.05, 0.1) is 6.10 Å². The highest BCUT2D eigenvalue weighted by atomic mass is 16.5. The van der Waals surface area contributed by atoms with Crippen LogP contribution in [-0.4, -0.2) is 36.6 Å². The van der Waals surface area contributed by atoms with E-state index in [4.69, 9.17) is 4.74 Å². The summed E-state index contributed by atoms with van der Waals surface area (Å²) in [5.74, 6) is 0.848. The van der Waals surface area contributed by atoms with Gasteiger partial charge in [0.15, 0.2) is 0 Å². The lowest BCUT2D eigenvalue weighted by Crippen LogP contribution is -2.32. The van der Waals surface area contributed by atoms with Crippen molar-refractivity contribution in [2.24, 2.45) is 5.92 Å². The zero-order valence-corrected chi connectivity index (χ0v) is 8.16. The Labute approximate surface area is 79.0 Å². The lowest BCUT2D eigenvalue weighted by molar-refractivity contribution is -0.135. The summed E-state index contributed by atoms with van der Waals surface area (Å²) < 4.78 is 5.37. The number of rotatable bonds is 3. The molecule has 1 saturated heterocycles. The fraction of sp³-hybridized carbons (Fsp3) is 0.900. The monoisotopic (exact) mass is 183 g/mol. The van der Waals surface area contributed by atoms with Crippen molar-refractivity contribution in [3.63, 3.8) is 0 Å². The first-order chi connectivity index (χ1) is 6.25. The molecule has 74 valence electrons. The number of carbonyl (C=O) groups excluding carboxylic acids is 1. The van der Waals surface area contributed by atoms with Crippen LogP contribution in [-0.2, 0) is 9.53 Å². The number of nitrogens with zero attached hydrogens (tertiary/aromatic N) is 1. The van der Waals surface area contributed by atoms with Gasteiger partial charge in [0, 0.05) is 13.1 Å². The summed E-state index contributed by atoms with van der Waals surface area (Å²) in [7, 11) is 0. The SMILES string of the molecule is CC1CCN(C(=O)COC2CC2)C1. The summed E-state index contributed by atoms with van der Waals surface area (Å²) >= 11 is 0. The topological polar surface area (TPSA) is 29.5 Å². The van der Waals surface area contributed by atoms with Crippen LogP contribution in [0.1, 0.15) is 26.2 Å². The summed E-state index contributed by atoms with van der Waals surface area (Å²) in [6.45, 7) is 4.34. The van der Waals surface area contributed by atoms with Gasteiger partial charge in [-0.15, -0.1) is 0 Å². The minimum absolute atomic E-state index is 0.177. The maximum atomic E-state index is 11.5. The van der Waals surface area contributed by atoms with E-state index >= 15 is 0 Å². The molecule has 1 aliphatic carbocycles. The molecule has 2 rings (SSSR count). The van der Waals surface area contributed by atoms with Crippen LogP contribution in [0.4, 0.5) is 0 Å². The van der Waals surface area contributed by atoms with Crippen molar-refractivity contribution >= 4 is 5.91 Å². The van der Waals surface area contributed by atoms with E-state index < -0.39 is 0 Å². The van der Waals surface area contributed by atoms with Crippen LogP contribution < -0.4 is 0 Å². The Morgan fingerprint density at radius 3 is 2.77 bits per heavy atom. The van der Waals surface area contributed by atoms with E-state index in [1.54, 1.807) is 0 Å². The molecule has 2 fully saturated rings. The molecule has 0 spiro atoms. The summed E-state index contributed by atoms with van der Waals surface area (Å²) in [5, 5.41) is 0. The van der Waals surface area contributed by atoms with Crippen LogP contribution in [0.5, 0.6) is 0 Å². The van der Waals surface area contributed by atoms with Crippen molar-refractivity contribution in [3.8, 4) is 0 Å². The zero-order chi connectivity index (χ0) is 9.26. The zero-order valence-electron chi connectivity index (χ0n) is 8.16. The number of ether oxygens (including phenoxy) is 1. The van der Waals surface area contributed by atoms with Gasteiger partial charge < -0.3 is 9.64 Å². The number of hydrogen-bond donors (Lipinski definition) is 0. The molecule has 1 aliphatic heterocycles. The lowest BCUT2D eigenvalue weighted by atomic mass is 10.2. The largest absolute Gasteiger partial charge is 0.368 e. The number of hydrogen-bond acceptors (Lipinski definition) is 2. The molecule has 0 aromatic carbocycles. The Kier molecular flexibility index (Phi) is 2.54. The minimum Gasteiger partial charge on any atom is -0.368 e. The summed E-state index contributed by atoms with van der Waals surface area (Å²) in [5.41, 5.74) is 0. The fourth-order valence-electron chi connectivity index (χ4n) is 1.68. The average molecular weight is 183 g/mol. The number of amides is 1. The van der Waals surface area contributed by atoms with Gasteiger partial charge in [-0.3, -0.25) is 4.79 Å². The Morgan fingerprint density at radius 1 is 1.46 bits per heavy atom. The normalized spacial score (nSPS) is 28.1. The minimum atomic E-state index is 0.177. The molecule has 1 atom stereocenters. The van der Waals surface area contributed by atoms with Crippen LogP contribution >= 0.6 is 0 Å². The average Bonchev–Trinajstić information content (AvgIpc) is 2.84. The van der Waals surface area contributed by atoms with Crippen LogP contribution in [0.2, 0.25) is 0 Å². The molecule has 1 saturated carbocycles. The van der Waals surface area contributed by atoms with E-state index in [2.05, 4.69) is 6.92 Å². The molecule has 1 unspecified atom stereocenters. The molecule has 2 aliphatic rings. The quantitative estimate of drug-likeness (QED) is 0.654. The molecule has 0 N–H and O–H groups in total. The number of carbonyl (C=O) groups is 1. The molecule has 0 bridgehead atoms. The van der Waals surface area contributed by atoms with Crippen molar-refractivity contribution in [2.45, 2.75) is 32.3 Å². The Hall–Kier alpha value is -0.570.